The molecule has 2 unspecified atom stereocenters. The molecule has 2 aliphatic heterocycles. The van der Waals surface area contributed by atoms with Gasteiger partial charge in [-0.25, -0.2) is 4.79 Å². The van der Waals surface area contributed by atoms with Crippen LogP contribution in [0.4, 0.5) is 4.79 Å². The van der Waals surface area contributed by atoms with Crippen LogP contribution in [-0.4, -0.2) is 66.8 Å². The van der Waals surface area contributed by atoms with Crippen molar-refractivity contribution >= 4 is 6.09 Å². The Morgan fingerprint density at radius 2 is 1.87 bits per heavy atom. The summed E-state index contributed by atoms with van der Waals surface area (Å²) >= 11 is 0. The zero-order chi connectivity index (χ0) is 16.9. The van der Waals surface area contributed by atoms with E-state index >= 15 is 0 Å². The van der Waals surface area contributed by atoms with Gasteiger partial charge in [0.25, 0.3) is 0 Å². The summed E-state index contributed by atoms with van der Waals surface area (Å²) in [6.07, 6.45) is 7.06. The number of likely N-dealkylation sites (N-methyl/N-ethyl adjacent to an activating group) is 1. The zero-order valence-corrected chi connectivity index (χ0v) is 15.4. The number of rotatable bonds is 3. The Labute approximate surface area is 141 Å². The monoisotopic (exact) mass is 325 g/mol. The SMILES string of the molecule is CN1CCCCC1CNC1CCCN(C(=O)OC(C)(C)C)CC1. The molecule has 2 saturated heterocycles. The average Bonchev–Trinajstić information content (AvgIpc) is 2.70. The molecule has 0 aromatic rings. The molecule has 0 saturated carbocycles. The molecule has 2 aliphatic rings. The number of amides is 1. The lowest BCUT2D eigenvalue weighted by Gasteiger charge is -2.33. The Kier molecular flexibility index (Phi) is 6.72. The smallest absolute Gasteiger partial charge is 0.410 e. The molecule has 2 rings (SSSR count). The molecular formula is C18H35N3O2. The third kappa shape index (κ3) is 6.30. The maximum Gasteiger partial charge on any atom is 0.410 e. The first kappa shape index (κ1) is 18.5. The molecular weight excluding hydrogens is 290 g/mol. The van der Waals surface area contributed by atoms with Gasteiger partial charge in [0.15, 0.2) is 0 Å². The van der Waals surface area contributed by atoms with Gasteiger partial charge >= 0.3 is 6.09 Å². The fourth-order valence-electron chi connectivity index (χ4n) is 3.51. The van der Waals surface area contributed by atoms with Gasteiger partial charge in [-0.05, 0) is 66.5 Å². The molecule has 1 amide bonds. The number of nitrogens with one attached hydrogen (secondary N) is 1. The first-order chi connectivity index (χ1) is 10.8. The van der Waals surface area contributed by atoms with E-state index in [1.54, 1.807) is 0 Å². The minimum atomic E-state index is -0.410. The molecule has 1 N–H and O–H groups in total. The minimum absolute atomic E-state index is 0.162. The molecule has 23 heavy (non-hydrogen) atoms. The van der Waals surface area contributed by atoms with Gasteiger partial charge in [0.2, 0.25) is 0 Å². The van der Waals surface area contributed by atoms with Crippen molar-refractivity contribution in [2.45, 2.75) is 77.0 Å². The molecule has 134 valence electrons. The van der Waals surface area contributed by atoms with E-state index in [1.165, 1.54) is 25.8 Å². The summed E-state index contributed by atoms with van der Waals surface area (Å²) in [6.45, 7) is 9.69. The first-order valence-electron chi connectivity index (χ1n) is 9.27. The normalized spacial score (nSPS) is 27.6. The first-order valence-corrected chi connectivity index (χ1v) is 9.27. The Balaban J connectivity index is 1.74. The maximum absolute atomic E-state index is 12.2. The predicted molar refractivity (Wildman–Crippen MR) is 93.7 cm³/mol. The summed E-state index contributed by atoms with van der Waals surface area (Å²) in [5, 5.41) is 3.75. The number of piperidine rings is 1. The molecule has 0 aromatic heterocycles. The van der Waals surface area contributed by atoms with Gasteiger partial charge in [-0.15, -0.1) is 0 Å². The van der Waals surface area contributed by atoms with E-state index in [-0.39, 0.29) is 6.09 Å². The van der Waals surface area contributed by atoms with E-state index in [4.69, 9.17) is 4.74 Å². The second-order valence-electron chi connectivity index (χ2n) is 8.13. The van der Waals surface area contributed by atoms with Gasteiger partial charge in [0, 0.05) is 31.7 Å². The predicted octanol–water partition coefficient (Wildman–Crippen LogP) is 2.85. The Morgan fingerprint density at radius 3 is 2.57 bits per heavy atom. The highest BCUT2D eigenvalue weighted by Crippen LogP contribution is 2.17. The number of likely N-dealkylation sites (tertiary alicyclic amines) is 2. The lowest BCUT2D eigenvalue weighted by molar-refractivity contribution is 0.0256. The van der Waals surface area contributed by atoms with E-state index in [2.05, 4.69) is 17.3 Å². The largest absolute Gasteiger partial charge is 0.444 e. The third-order valence-electron chi connectivity index (χ3n) is 4.94. The van der Waals surface area contributed by atoms with Crippen LogP contribution < -0.4 is 5.32 Å². The molecule has 5 nitrogen and oxygen atoms in total. The standard InChI is InChI=1S/C18H35N3O2/c1-18(2,3)23-17(22)21-12-7-8-15(10-13-21)19-14-16-9-5-6-11-20(16)4/h15-16,19H,5-14H2,1-4H3. The van der Waals surface area contributed by atoms with E-state index in [0.29, 0.717) is 12.1 Å². The van der Waals surface area contributed by atoms with E-state index in [1.807, 2.05) is 25.7 Å². The summed E-state index contributed by atoms with van der Waals surface area (Å²) in [5.74, 6) is 0. The second kappa shape index (κ2) is 8.34. The van der Waals surface area contributed by atoms with Gasteiger partial charge in [-0.1, -0.05) is 6.42 Å². The zero-order valence-electron chi connectivity index (χ0n) is 15.4. The molecule has 5 heteroatoms. The highest BCUT2D eigenvalue weighted by atomic mass is 16.6. The molecule has 0 radical (unpaired) electrons. The van der Waals surface area contributed by atoms with Crippen molar-refractivity contribution in [1.82, 2.24) is 15.1 Å². The van der Waals surface area contributed by atoms with Crippen molar-refractivity contribution in [3.05, 3.63) is 0 Å². The van der Waals surface area contributed by atoms with Gasteiger partial charge in [0.1, 0.15) is 5.60 Å². The molecule has 2 atom stereocenters. The summed E-state index contributed by atoms with van der Waals surface area (Å²) in [5.41, 5.74) is -0.410. The van der Waals surface area contributed by atoms with Crippen LogP contribution in [0.2, 0.25) is 0 Å². The fraction of sp³-hybridized carbons (Fsp3) is 0.944. The Hall–Kier alpha value is -0.810. The van der Waals surface area contributed by atoms with Crippen molar-refractivity contribution in [3.63, 3.8) is 0 Å². The minimum Gasteiger partial charge on any atom is -0.444 e. The fourth-order valence-corrected chi connectivity index (χ4v) is 3.51. The number of nitrogens with zero attached hydrogens (tertiary/aromatic N) is 2. The quantitative estimate of drug-likeness (QED) is 0.866. The van der Waals surface area contributed by atoms with Crippen LogP contribution in [0, 0.1) is 0 Å². The summed E-state index contributed by atoms with van der Waals surface area (Å²) in [6, 6.07) is 1.20. The molecule has 0 bridgehead atoms. The van der Waals surface area contributed by atoms with Crippen LogP contribution >= 0.6 is 0 Å². The van der Waals surface area contributed by atoms with E-state index < -0.39 is 5.60 Å². The van der Waals surface area contributed by atoms with Crippen LogP contribution in [0.1, 0.15) is 59.3 Å². The summed E-state index contributed by atoms with van der Waals surface area (Å²) in [4.78, 5) is 16.6. The van der Waals surface area contributed by atoms with E-state index in [0.717, 1.165) is 38.9 Å². The molecule has 0 spiro atoms. The molecule has 2 fully saturated rings. The maximum atomic E-state index is 12.2. The van der Waals surface area contributed by atoms with Gasteiger partial charge in [-0.2, -0.15) is 0 Å². The lowest BCUT2D eigenvalue weighted by atomic mass is 10.0. The number of ether oxygens (including phenoxy) is 1. The number of carbonyl (C=O) groups excluding carboxylic acids is 1. The van der Waals surface area contributed by atoms with Crippen LogP contribution in [0.3, 0.4) is 0 Å². The van der Waals surface area contributed by atoms with Gasteiger partial charge in [0.05, 0.1) is 0 Å². The van der Waals surface area contributed by atoms with Crippen molar-refractivity contribution in [1.29, 1.82) is 0 Å². The number of carbonyl (C=O) groups is 1. The van der Waals surface area contributed by atoms with Gasteiger partial charge in [-0.3, -0.25) is 0 Å². The second-order valence-corrected chi connectivity index (χ2v) is 8.13. The average molecular weight is 325 g/mol. The van der Waals surface area contributed by atoms with Crippen LogP contribution in [0.5, 0.6) is 0 Å². The lowest BCUT2D eigenvalue weighted by Crippen LogP contribution is -2.46. The number of hydrogen-bond acceptors (Lipinski definition) is 4. The number of hydrogen-bond donors (Lipinski definition) is 1. The highest BCUT2D eigenvalue weighted by molar-refractivity contribution is 5.68. The van der Waals surface area contributed by atoms with Crippen molar-refractivity contribution in [2.75, 3.05) is 33.2 Å². The Morgan fingerprint density at radius 1 is 1.09 bits per heavy atom. The van der Waals surface area contributed by atoms with Crippen molar-refractivity contribution in [3.8, 4) is 0 Å². The van der Waals surface area contributed by atoms with Crippen molar-refractivity contribution in [2.24, 2.45) is 0 Å². The topological polar surface area (TPSA) is 44.8 Å². The molecule has 0 aliphatic carbocycles. The third-order valence-corrected chi connectivity index (χ3v) is 4.94. The molecule has 2 heterocycles. The van der Waals surface area contributed by atoms with Gasteiger partial charge < -0.3 is 19.9 Å². The summed E-state index contributed by atoms with van der Waals surface area (Å²) in [7, 11) is 2.24. The van der Waals surface area contributed by atoms with Crippen LogP contribution in [0.25, 0.3) is 0 Å². The van der Waals surface area contributed by atoms with Crippen LogP contribution in [-0.2, 0) is 4.74 Å². The van der Waals surface area contributed by atoms with E-state index in [9.17, 15) is 4.79 Å². The summed E-state index contributed by atoms with van der Waals surface area (Å²) < 4.78 is 5.50. The van der Waals surface area contributed by atoms with Crippen molar-refractivity contribution < 1.29 is 9.53 Å². The molecule has 0 aromatic carbocycles. The highest BCUT2D eigenvalue weighted by Gasteiger charge is 2.26. The van der Waals surface area contributed by atoms with Crippen LogP contribution in [0.15, 0.2) is 0 Å². The Bertz CT molecular complexity index is 381.